The maximum atomic E-state index is 11.1. The highest BCUT2D eigenvalue weighted by molar-refractivity contribution is 5.04. The van der Waals surface area contributed by atoms with Gasteiger partial charge in [0.2, 0.25) is 0 Å². The lowest BCUT2D eigenvalue weighted by molar-refractivity contribution is -0.332. The first-order chi connectivity index (χ1) is 35.3. The zero-order valence-corrected chi connectivity index (χ0v) is 40.7. The van der Waals surface area contributed by atoms with Gasteiger partial charge in [0.25, 0.3) is 0 Å². The van der Waals surface area contributed by atoms with Crippen LogP contribution in [0.2, 0.25) is 0 Å². The third-order valence-corrected chi connectivity index (χ3v) is 14.9. The number of nitrogens with two attached hydrogens (primary N) is 10. The van der Waals surface area contributed by atoms with Crippen LogP contribution in [-0.2, 0) is 47.4 Å². The lowest BCUT2D eigenvalue weighted by Crippen LogP contribution is -2.68. The van der Waals surface area contributed by atoms with Crippen LogP contribution in [0.4, 0.5) is 0 Å². The van der Waals surface area contributed by atoms with E-state index in [-0.39, 0.29) is 32.5 Å². The van der Waals surface area contributed by atoms with Gasteiger partial charge in [0, 0.05) is 43.8 Å². The summed E-state index contributed by atoms with van der Waals surface area (Å²) in [5.41, 5.74) is 59.1. The zero-order chi connectivity index (χ0) is 55.7. The molecule has 7 aliphatic rings. The number of hydrogen-bond acceptors (Lipinski definition) is 34. The number of ether oxygens (including phenoxy) is 10. The van der Waals surface area contributed by atoms with Crippen molar-refractivity contribution < 1.29 is 119 Å². The summed E-state index contributed by atoms with van der Waals surface area (Å²) in [5, 5.41) is 144. The summed E-state index contributed by atoms with van der Waals surface area (Å²) in [6, 6.07) is -7.05. The van der Waals surface area contributed by atoms with Crippen LogP contribution in [0, 0.1) is 0 Å². The minimum absolute atomic E-state index is 0.0849. The molecule has 7 fully saturated rings. The number of rotatable bonds is 15. The van der Waals surface area contributed by atoms with Gasteiger partial charge >= 0.3 is 0 Å². The topological polar surface area (TPSA) is 636 Å². The van der Waals surface area contributed by atoms with Crippen LogP contribution in [0.1, 0.15) is 12.8 Å². The molecule has 0 amide bonds. The molecule has 5 heterocycles. The summed E-state index contributed by atoms with van der Waals surface area (Å²) in [5.74, 6) is 0. The minimum atomic E-state index is -1.66. The molecule has 5 aliphatic heterocycles. The number of hydrogen-bond donors (Lipinski definition) is 24. The van der Waals surface area contributed by atoms with E-state index in [1.165, 1.54) is 0 Å². The average Bonchev–Trinajstić information content (AvgIpc) is 3.68. The fourth-order valence-corrected chi connectivity index (χ4v) is 10.1. The molecule has 0 bridgehead atoms. The van der Waals surface area contributed by atoms with E-state index >= 15 is 0 Å². The molecule has 0 unspecified atom stereocenters. The molecule has 0 spiro atoms. The predicted molar refractivity (Wildman–Crippen MR) is 246 cm³/mol. The second kappa shape index (κ2) is 26.9. The van der Waals surface area contributed by atoms with E-state index in [4.69, 9.17) is 105 Å². The Hall–Kier alpha value is -1.36. The van der Waals surface area contributed by atoms with Crippen molar-refractivity contribution in [2.45, 2.75) is 221 Å². The van der Waals surface area contributed by atoms with Crippen LogP contribution < -0.4 is 57.3 Å². The second-order valence-electron chi connectivity index (χ2n) is 20.0. The van der Waals surface area contributed by atoms with Crippen LogP contribution in [0.3, 0.4) is 0 Å². The molecule has 0 aromatic heterocycles. The van der Waals surface area contributed by atoms with E-state index in [1.807, 2.05) is 0 Å². The maximum Gasteiger partial charge on any atom is 0.187 e. The van der Waals surface area contributed by atoms with Crippen molar-refractivity contribution in [3.63, 3.8) is 0 Å². The molecule has 34 nitrogen and oxygen atoms in total. The summed E-state index contributed by atoms with van der Waals surface area (Å²) in [6.45, 7) is -1.73. The van der Waals surface area contributed by atoms with E-state index in [0.717, 1.165) is 0 Å². The Morgan fingerprint density at radius 3 is 1.13 bits per heavy atom. The Balaban J connectivity index is 0.000000251. The van der Waals surface area contributed by atoms with Gasteiger partial charge in [0.05, 0.1) is 37.4 Å². The lowest BCUT2D eigenvalue weighted by atomic mass is 9.84. The third-order valence-electron chi connectivity index (χ3n) is 14.9. The molecule has 440 valence electrons. The molecule has 2 aliphatic carbocycles. The maximum absolute atomic E-state index is 11.1. The fourth-order valence-electron chi connectivity index (χ4n) is 10.1. The summed E-state index contributed by atoms with van der Waals surface area (Å²) in [6.07, 6.45) is -36.2. The van der Waals surface area contributed by atoms with Crippen LogP contribution in [-0.4, -0.2) is 312 Å². The Kier molecular flexibility index (Phi) is 22.6. The van der Waals surface area contributed by atoms with E-state index < -0.39 is 221 Å². The van der Waals surface area contributed by atoms with Gasteiger partial charge in [-0.05, 0) is 12.8 Å². The molecular formula is C41H82N10O24. The normalized spacial score (nSPS) is 53.8. The van der Waals surface area contributed by atoms with Crippen molar-refractivity contribution in [1.29, 1.82) is 0 Å². The largest absolute Gasteiger partial charge is 0.394 e. The number of aliphatic hydroxyl groups excluding tert-OH is 14. The molecule has 75 heavy (non-hydrogen) atoms. The molecular weight excluding hydrogens is 1020 g/mol. The average molecular weight is 1100 g/mol. The summed E-state index contributed by atoms with van der Waals surface area (Å²) in [4.78, 5) is 0. The molecule has 34 N–H and O–H groups in total. The highest BCUT2D eigenvalue weighted by Gasteiger charge is 2.56. The van der Waals surface area contributed by atoms with Crippen LogP contribution >= 0.6 is 0 Å². The van der Waals surface area contributed by atoms with Crippen molar-refractivity contribution in [2.75, 3.05) is 32.8 Å². The van der Waals surface area contributed by atoms with Crippen molar-refractivity contribution in [2.24, 2.45) is 57.3 Å². The van der Waals surface area contributed by atoms with Gasteiger partial charge in [-0.25, -0.2) is 0 Å². The van der Waals surface area contributed by atoms with E-state index in [2.05, 4.69) is 0 Å². The molecule has 34 atom stereocenters. The molecule has 0 aromatic carbocycles. The smallest absolute Gasteiger partial charge is 0.187 e. The summed E-state index contributed by atoms with van der Waals surface area (Å²) < 4.78 is 56.8. The molecule has 0 aromatic rings. The van der Waals surface area contributed by atoms with Gasteiger partial charge in [-0.1, -0.05) is 0 Å². The van der Waals surface area contributed by atoms with Gasteiger partial charge in [-0.15, -0.1) is 0 Å². The lowest BCUT2D eigenvalue weighted by Gasteiger charge is -2.48. The van der Waals surface area contributed by atoms with E-state index in [9.17, 15) is 71.5 Å². The molecule has 34 heteroatoms. The monoisotopic (exact) mass is 1100 g/mol. The molecule has 2 saturated carbocycles. The first-order valence-electron chi connectivity index (χ1n) is 24.7. The highest BCUT2D eigenvalue weighted by Crippen LogP contribution is 2.36. The van der Waals surface area contributed by atoms with E-state index in [1.54, 1.807) is 0 Å². The Bertz CT molecular complexity index is 1690. The fraction of sp³-hybridized carbons (Fsp3) is 1.00. The van der Waals surface area contributed by atoms with E-state index in [0.29, 0.717) is 0 Å². The molecule has 5 saturated heterocycles. The van der Waals surface area contributed by atoms with Crippen molar-refractivity contribution in [1.82, 2.24) is 0 Å². The Morgan fingerprint density at radius 2 is 0.653 bits per heavy atom. The minimum Gasteiger partial charge on any atom is -0.394 e. The highest BCUT2D eigenvalue weighted by atomic mass is 16.8. The second-order valence-corrected chi connectivity index (χ2v) is 20.0. The van der Waals surface area contributed by atoms with Crippen molar-refractivity contribution in [3.8, 4) is 0 Å². The van der Waals surface area contributed by atoms with Gasteiger partial charge in [-0.3, -0.25) is 0 Å². The van der Waals surface area contributed by atoms with Gasteiger partial charge < -0.3 is 176 Å². The van der Waals surface area contributed by atoms with Crippen molar-refractivity contribution >= 4 is 0 Å². The van der Waals surface area contributed by atoms with Crippen LogP contribution in [0.25, 0.3) is 0 Å². The van der Waals surface area contributed by atoms with Gasteiger partial charge in [0.15, 0.2) is 31.5 Å². The molecule has 0 radical (unpaired) electrons. The van der Waals surface area contributed by atoms with Crippen molar-refractivity contribution in [3.05, 3.63) is 0 Å². The van der Waals surface area contributed by atoms with Crippen LogP contribution in [0.5, 0.6) is 0 Å². The SMILES string of the molecule is NC[C@@H]1O[C@H](O[C@H]2[C@@H](O)[C@H](O[C@@H]3[C@@H](O)[C@H](N)C[C@H](N)[C@H]3O[C@H]3O[C@H](CN)[C@@H](O)[C@H](O)[C@H]3N)O[C@@H]2CO)[C@H](N)[C@@H](O)[C@@H]1O.NC[C@H]1O[C@H](O[C@H]2[C@H](O)[C@@H](O[C@H]3O[C@H](CO)[C@@H](O)[C@H](N)[C@H]3O)[C@H](N)C[C@@H]2N)[C@H](O)[C@@H](O)[C@@H]1O. The first-order valence-corrected chi connectivity index (χ1v) is 24.7. The predicted octanol–water partition coefficient (Wildman–Crippen LogP) is -16.2. The number of aliphatic hydroxyl groups is 14. The standard InChI is InChI=1S/C23H46N6O13.C18H36N4O11/c24-2-7-13(32)15(34)10(28)21(37-7)40-18-6(27)1-5(26)12(31)20(18)42-23-17(36)19(9(4-30)39-23)41-22-11(29)16(35)14(33)8(3-25)38-22;19-2-6-10(25)12(27)13(28)18(30-6)33-16-5(21)1-4(20)15(14(16)29)32-17-11(26)8(22)9(24)7(3-23)31-17/h5-23,30-36H,1-4,24-29H2;4-18,23-29H,1-3,19-22H2/t5-,6+,7-,8+,9-,10-,11-,12+,13-,14-,15-,16-,17-,18-,19-,20-,21-,22-,23+;4-,5+,6-,7-,8+,9-,10-,11-,12+,13-,14-,15+,16-,17-,18-/m11/s1. The third kappa shape index (κ3) is 13.4. The Labute approximate surface area is 429 Å². The van der Waals surface area contributed by atoms with Crippen LogP contribution in [0.15, 0.2) is 0 Å². The first kappa shape index (κ1) is 62.8. The zero-order valence-electron chi connectivity index (χ0n) is 40.7. The Morgan fingerprint density at radius 1 is 0.293 bits per heavy atom. The quantitative estimate of drug-likeness (QED) is 0.0724. The summed E-state index contributed by atoms with van der Waals surface area (Å²) >= 11 is 0. The molecule has 7 rings (SSSR count). The van der Waals surface area contributed by atoms with Gasteiger partial charge in [0.1, 0.15) is 128 Å². The summed E-state index contributed by atoms with van der Waals surface area (Å²) in [7, 11) is 0. The van der Waals surface area contributed by atoms with Gasteiger partial charge in [-0.2, -0.15) is 0 Å².